The summed E-state index contributed by atoms with van der Waals surface area (Å²) in [5, 5.41) is 21.8. The van der Waals surface area contributed by atoms with Crippen LogP contribution in [-0.4, -0.2) is 79.5 Å². The number of nitrogens with two attached hydrogens (primary N) is 2. The minimum atomic E-state index is -0.589. The van der Waals surface area contributed by atoms with Crippen LogP contribution in [0.5, 0.6) is 0 Å². The van der Waals surface area contributed by atoms with E-state index >= 15 is 0 Å². The number of aliphatic hydroxyl groups is 2. The lowest BCUT2D eigenvalue weighted by atomic mass is 9.46. The van der Waals surface area contributed by atoms with Gasteiger partial charge < -0.3 is 21.7 Å². The van der Waals surface area contributed by atoms with Gasteiger partial charge in [0.25, 0.3) is 0 Å². The van der Waals surface area contributed by atoms with Gasteiger partial charge in [0.15, 0.2) is 0 Å². The first kappa shape index (κ1) is 29.9. The highest BCUT2D eigenvalue weighted by atomic mass is 16.3. The number of amides is 2. The number of hydrogen-bond acceptors (Lipinski definition) is 6. The van der Waals surface area contributed by atoms with Crippen LogP contribution in [0.25, 0.3) is 9.69 Å². The number of fused-ring (bicyclic) bond motifs is 2. The van der Waals surface area contributed by atoms with E-state index in [2.05, 4.69) is 9.69 Å². The number of likely N-dealkylation sites (tertiary alicyclic amines) is 2. The maximum atomic E-state index is 13.1. The van der Waals surface area contributed by atoms with Crippen molar-refractivity contribution in [3.05, 3.63) is 22.8 Å². The Morgan fingerprint density at radius 3 is 1.26 bits per heavy atom. The molecule has 12 aliphatic rings. The Morgan fingerprint density at radius 1 is 0.609 bits per heavy atom. The molecule has 10 aliphatic carbocycles. The molecule has 10 nitrogen and oxygen atoms in total. The fourth-order valence-corrected chi connectivity index (χ4v) is 13.9. The molecule has 2 aliphatic heterocycles. The molecule has 2 heterocycles. The normalized spacial score (nSPS) is 53.8. The largest absolute Gasteiger partial charge is 0.390 e. The van der Waals surface area contributed by atoms with Crippen molar-refractivity contribution < 1.29 is 19.8 Å². The van der Waals surface area contributed by atoms with E-state index in [0.29, 0.717) is 48.3 Å². The van der Waals surface area contributed by atoms with E-state index < -0.39 is 23.3 Å². The molecule has 0 aromatic carbocycles. The van der Waals surface area contributed by atoms with Gasteiger partial charge in [-0.2, -0.15) is 0 Å². The number of carbonyl (C=O) groups is 2. The van der Waals surface area contributed by atoms with Crippen LogP contribution in [0.4, 0.5) is 0 Å². The predicted molar refractivity (Wildman–Crippen MR) is 168 cm³/mol. The molecule has 4 unspecified atom stereocenters. The molecule has 12 atom stereocenters. The Kier molecular flexibility index (Phi) is 6.29. The van der Waals surface area contributed by atoms with E-state index in [0.717, 1.165) is 77.0 Å². The second-order valence-electron chi connectivity index (χ2n) is 18.4. The first-order chi connectivity index (χ1) is 21.9. The molecule has 10 saturated carbocycles. The molecule has 12 rings (SSSR count). The first-order valence-electron chi connectivity index (χ1n) is 18.2. The van der Waals surface area contributed by atoms with Crippen molar-refractivity contribution in [2.45, 2.75) is 150 Å². The van der Waals surface area contributed by atoms with Gasteiger partial charge in [-0.15, -0.1) is 0 Å². The highest BCUT2D eigenvalue weighted by molar-refractivity contribution is 5.85. The van der Waals surface area contributed by atoms with Crippen LogP contribution in [-0.2, 0) is 9.59 Å². The maximum Gasteiger partial charge on any atom is 0.301 e. The molecule has 0 aromatic heterocycles. The quantitative estimate of drug-likeness (QED) is 0.352. The number of piperidine rings is 2. The third-order valence-corrected chi connectivity index (χ3v) is 15.0. The molecule has 2 saturated heterocycles. The molecular weight excluding hydrogens is 580 g/mol. The van der Waals surface area contributed by atoms with Crippen molar-refractivity contribution in [1.29, 1.82) is 0 Å². The van der Waals surface area contributed by atoms with Crippen molar-refractivity contribution in [2.75, 3.05) is 0 Å². The standard InChI is InChI=1S/2C18H25N3O2/c2*1-20-14-4-12-3-13(12)21(14)16(22)15(19)17-5-10-2-11(6-17)8-18(23,7-10)9-17/h2*10-15,23H,2-9,19H2/t2*10?,11?,12-,13-,14-,15+,17?,18?/m00/s1. The van der Waals surface area contributed by atoms with Crippen molar-refractivity contribution >= 4 is 11.8 Å². The third kappa shape index (κ3) is 4.39. The van der Waals surface area contributed by atoms with Gasteiger partial charge in [-0.3, -0.25) is 29.1 Å². The average molecular weight is 631 g/mol. The summed E-state index contributed by atoms with van der Waals surface area (Å²) in [6.07, 6.45) is 14.5. The Bertz CT molecular complexity index is 1300. The van der Waals surface area contributed by atoms with Crippen molar-refractivity contribution in [3.63, 3.8) is 0 Å². The predicted octanol–water partition coefficient (Wildman–Crippen LogP) is 3.02. The smallest absolute Gasteiger partial charge is 0.301 e. The summed E-state index contributed by atoms with van der Waals surface area (Å²) in [4.78, 5) is 37.2. The van der Waals surface area contributed by atoms with Crippen LogP contribution in [0.15, 0.2) is 0 Å². The lowest BCUT2D eigenvalue weighted by Crippen LogP contribution is -2.64. The number of carbonyl (C=O) groups excluding carboxylic acids is 2. The van der Waals surface area contributed by atoms with Gasteiger partial charge in [-0.25, -0.2) is 13.1 Å². The van der Waals surface area contributed by atoms with Gasteiger partial charge in [-0.05, 0) is 136 Å². The van der Waals surface area contributed by atoms with Gasteiger partial charge in [0, 0.05) is 24.9 Å². The second kappa shape index (κ2) is 9.68. The molecule has 0 aromatic rings. The molecule has 0 spiro atoms. The van der Waals surface area contributed by atoms with E-state index in [1.807, 2.05) is 9.80 Å². The zero-order valence-electron chi connectivity index (χ0n) is 26.9. The van der Waals surface area contributed by atoms with Gasteiger partial charge in [0.2, 0.25) is 11.8 Å². The Morgan fingerprint density at radius 2 is 0.957 bits per heavy atom. The van der Waals surface area contributed by atoms with Gasteiger partial charge >= 0.3 is 12.3 Å². The molecule has 12 fully saturated rings. The number of rotatable bonds is 4. The fraction of sp³-hybridized carbons (Fsp3) is 0.889. The first-order valence-corrected chi connectivity index (χ1v) is 18.2. The van der Waals surface area contributed by atoms with Crippen LogP contribution in [0.1, 0.15) is 103 Å². The van der Waals surface area contributed by atoms with Crippen molar-refractivity contribution in [1.82, 2.24) is 9.80 Å². The third-order valence-electron chi connectivity index (χ3n) is 15.0. The molecular formula is C36H50N6O4. The highest BCUT2D eigenvalue weighted by Gasteiger charge is 2.65. The lowest BCUT2D eigenvalue weighted by Gasteiger charge is -2.61. The topological polar surface area (TPSA) is 142 Å². The van der Waals surface area contributed by atoms with Crippen molar-refractivity contribution in [3.8, 4) is 0 Å². The number of nitrogens with zero attached hydrogens (tertiary/aromatic N) is 4. The van der Waals surface area contributed by atoms with E-state index in [-0.39, 0.29) is 47.1 Å². The van der Waals surface area contributed by atoms with E-state index in [4.69, 9.17) is 24.6 Å². The molecule has 0 radical (unpaired) electrons. The fourth-order valence-electron chi connectivity index (χ4n) is 13.9. The molecule has 8 bridgehead atoms. The Balaban J connectivity index is 0.000000127. The SMILES string of the molecule is [C-]#[N+][C@@H]1C[C@@H]2C[C@@H]2N1C(=O)[C@@H](N)C12CC3CC(CC(O)(C3)C1)C2.[C-]#[N+][C@@H]1C[C@@H]2C[C@@H]2N1C(=O)[C@@H](N)C12CC3CC(CC(O)(C3)C1)C2. The summed E-state index contributed by atoms with van der Waals surface area (Å²) in [7, 11) is 0. The summed E-state index contributed by atoms with van der Waals surface area (Å²) >= 11 is 0. The average Bonchev–Trinajstić information content (AvgIpc) is 3.86. The monoisotopic (exact) mass is 630 g/mol. The van der Waals surface area contributed by atoms with Crippen LogP contribution < -0.4 is 11.5 Å². The van der Waals surface area contributed by atoms with Crippen LogP contribution in [0, 0.1) is 59.5 Å². The maximum absolute atomic E-state index is 13.1. The van der Waals surface area contributed by atoms with E-state index in [1.54, 1.807) is 0 Å². The minimum absolute atomic E-state index is 0.0125. The molecule has 46 heavy (non-hydrogen) atoms. The van der Waals surface area contributed by atoms with Crippen LogP contribution in [0.2, 0.25) is 0 Å². The zero-order chi connectivity index (χ0) is 32.0. The van der Waals surface area contributed by atoms with E-state index in [9.17, 15) is 19.8 Å². The summed E-state index contributed by atoms with van der Waals surface area (Å²) in [5.74, 6) is 3.17. The van der Waals surface area contributed by atoms with Gasteiger partial charge in [0.1, 0.15) is 0 Å². The molecule has 248 valence electrons. The summed E-state index contributed by atoms with van der Waals surface area (Å²) in [6, 6.07) is -0.540. The summed E-state index contributed by atoms with van der Waals surface area (Å²) in [5.41, 5.74) is 11.5. The van der Waals surface area contributed by atoms with Crippen LogP contribution in [0.3, 0.4) is 0 Å². The van der Waals surface area contributed by atoms with Crippen molar-refractivity contribution in [2.24, 2.45) is 57.8 Å². The van der Waals surface area contributed by atoms with Gasteiger partial charge in [0.05, 0.1) is 23.3 Å². The highest BCUT2D eigenvalue weighted by Crippen LogP contribution is 2.64. The Labute approximate surface area is 272 Å². The van der Waals surface area contributed by atoms with Crippen LogP contribution >= 0.6 is 0 Å². The second-order valence-corrected chi connectivity index (χ2v) is 18.4. The lowest BCUT2D eigenvalue weighted by molar-refractivity contribution is -0.178. The molecule has 2 amide bonds. The number of hydrogen-bond donors (Lipinski definition) is 4. The molecule has 6 N–H and O–H groups in total. The minimum Gasteiger partial charge on any atom is -0.390 e. The summed E-state index contributed by atoms with van der Waals surface area (Å²) in [6.45, 7) is 14.8. The zero-order valence-corrected chi connectivity index (χ0v) is 26.9. The molecule has 10 heteroatoms. The van der Waals surface area contributed by atoms with Gasteiger partial charge in [-0.1, -0.05) is 0 Å². The van der Waals surface area contributed by atoms with E-state index in [1.165, 1.54) is 12.8 Å². The summed E-state index contributed by atoms with van der Waals surface area (Å²) < 4.78 is 0. The Hall–Kier alpha value is -2.24.